The summed E-state index contributed by atoms with van der Waals surface area (Å²) in [5, 5.41) is 3.40. The van der Waals surface area contributed by atoms with Gasteiger partial charge in [0.05, 0.1) is 17.6 Å². The summed E-state index contributed by atoms with van der Waals surface area (Å²) in [6.45, 7) is 2.92. The molecule has 0 spiro atoms. The van der Waals surface area contributed by atoms with Gasteiger partial charge in [-0.2, -0.15) is 0 Å². The van der Waals surface area contributed by atoms with Crippen molar-refractivity contribution in [1.29, 1.82) is 0 Å². The first-order valence-electron chi connectivity index (χ1n) is 8.74. The zero-order chi connectivity index (χ0) is 17.8. The molecule has 0 fully saturated rings. The number of anilines is 1. The number of nitrogens with one attached hydrogen (secondary N) is 1. The summed E-state index contributed by atoms with van der Waals surface area (Å²) in [7, 11) is 0. The van der Waals surface area contributed by atoms with Gasteiger partial charge in [0.1, 0.15) is 0 Å². The number of nitrogens with zero attached hydrogens (tertiary/aromatic N) is 3. The molecule has 1 aliphatic heterocycles. The first kappa shape index (κ1) is 16.9. The minimum Gasteiger partial charge on any atom is -0.319 e. The standard InChI is InChI=1S/C20H20N4OS/c25-19(22-16-7-4-10-21-13-16)20-23-17-8-11-24(12-9-18(17)26-20)14-15-5-2-1-3-6-15/h1-7,10,13H,8-9,11-12,14H2,(H,22,25). The Balaban J connectivity index is 1.40. The Hall–Kier alpha value is -2.57. The fourth-order valence-corrected chi connectivity index (χ4v) is 4.12. The highest BCUT2D eigenvalue weighted by molar-refractivity contribution is 7.13. The molecule has 1 amide bonds. The van der Waals surface area contributed by atoms with E-state index >= 15 is 0 Å². The monoisotopic (exact) mass is 364 g/mol. The number of thiazole rings is 1. The number of rotatable bonds is 4. The van der Waals surface area contributed by atoms with Crippen LogP contribution in [0.3, 0.4) is 0 Å². The van der Waals surface area contributed by atoms with Crippen LogP contribution in [0.25, 0.3) is 0 Å². The minimum atomic E-state index is -0.155. The number of aromatic nitrogens is 2. The van der Waals surface area contributed by atoms with Gasteiger partial charge < -0.3 is 5.32 Å². The Labute approximate surface area is 156 Å². The highest BCUT2D eigenvalue weighted by Crippen LogP contribution is 2.24. The van der Waals surface area contributed by atoms with Crippen LogP contribution < -0.4 is 5.32 Å². The van der Waals surface area contributed by atoms with Crippen molar-refractivity contribution in [2.75, 3.05) is 18.4 Å². The van der Waals surface area contributed by atoms with E-state index in [4.69, 9.17) is 0 Å². The molecule has 5 nitrogen and oxygen atoms in total. The van der Waals surface area contributed by atoms with Gasteiger partial charge in [0.25, 0.3) is 5.91 Å². The van der Waals surface area contributed by atoms with Gasteiger partial charge in [0.2, 0.25) is 0 Å². The van der Waals surface area contributed by atoms with Crippen molar-refractivity contribution in [3.63, 3.8) is 0 Å². The van der Waals surface area contributed by atoms with Crippen LogP contribution in [0.4, 0.5) is 5.69 Å². The maximum atomic E-state index is 12.4. The molecule has 1 N–H and O–H groups in total. The number of fused-ring (bicyclic) bond motifs is 1. The summed E-state index contributed by atoms with van der Waals surface area (Å²) >= 11 is 1.51. The number of carbonyl (C=O) groups excluding carboxylic acids is 1. The third kappa shape index (κ3) is 3.98. The summed E-state index contributed by atoms with van der Waals surface area (Å²) < 4.78 is 0. The number of amides is 1. The molecule has 0 aliphatic carbocycles. The van der Waals surface area contributed by atoms with Gasteiger partial charge in [-0.3, -0.25) is 14.7 Å². The predicted octanol–water partition coefficient (Wildman–Crippen LogP) is 3.39. The van der Waals surface area contributed by atoms with Crippen LogP contribution in [0.5, 0.6) is 0 Å². The Morgan fingerprint density at radius 1 is 1.12 bits per heavy atom. The zero-order valence-electron chi connectivity index (χ0n) is 14.4. The van der Waals surface area contributed by atoms with Crippen LogP contribution in [0.15, 0.2) is 54.9 Å². The molecule has 2 aromatic heterocycles. The van der Waals surface area contributed by atoms with Gasteiger partial charge in [-0.25, -0.2) is 4.98 Å². The summed E-state index contributed by atoms with van der Waals surface area (Å²) in [6.07, 6.45) is 5.15. The van der Waals surface area contributed by atoms with E-state index in [0.29, 0.717) is 10.7 Å². The maximum absolute atomic E-state index is 12.4. The first-order valence-corrected chi connectivity index (χ1v) is 9.56. The Morgan fingerprint density at radius 2 is 1.96 bits per heavy atom. The molecular weight excluding hydrogens is 344 g/mol. The van der Waals surface area contributed by atoms with Crippen molar-refractivity contribution in [2.24, 2.45) is 0 Å². The number of hydrogen-bond acceptors (Lipinski definition) is 5. The topological polar surface area (TPSA) is 58.1 Å². The second-order valence-electron chi connectivity index (χ2n) is 6.35. The first-order chi connectivity index (χ1) is 12.8. The molecule has 1 aromatic carbocycles. The molecule has 26 heavy (non-hydrogen) atoms. The van der Waals surface area contributed by atoms with Gasteiger partial charge in [-0.1, -0.05) is 30.3 Å². The van der Waals surface area contributed by atoms with Crippen molar-refractivity contribution in [3.05, 3.63) is 76.0 Å². The molecule has 0 unspecified atom stereocenters. The molecule has 6 heteroatoms. The van der Waals surface area contributed by atoms with Crippen LogP contribution in [0.2, 0.25) is 0 Å². The van der Waals surface area contributed by atoms with Crippen molar-refractivity contribution in [1.82, 2.24) is 14.9 Å². The lowest BCUT2D eigenvalue weighted by atomic mass is 10.2. The second kappa shape index (κ2) is 7.76. The Kier molecular flexibility index (Phi) is 5.04. The van der Waals surface area contributed by atoms with E-state index in [1.165, 1.54) is 21.8 Å². The fourth-order valence-electron chi connectivity index (χ4n) is 3.13. The van der Waals surface area contributed by atoms with Crippen molar-refractivity contribution >= 4 is 22.9 Å². The third-order valence-corrected chi connectivity index (χ3v) is 5.62. The highest BCUT2D eigenvalue weighted by atomic mass is 32.1. The SMILES string of the molecule is O=C(Nc1cccnc1)c1nc2c(s1)CCN(Cc1ccccc1)CC2. The summed E-state index contributed by atoms with van der Waals surface area (Å²) in [5.41, 5.74) is 3.10. The van der Waals surface area contributed by atoms with Crippen LogP contribution >= 0.6 is 11.3 Å². The largest absolute Gasteiger partial charge is 0.319 e. The Bertz CT molecular complexity index is 854. The van der Waals surface area contributed by atoms with Crippen molar-refractivity contribution in [3.8, 4) is 0 Å². The number of benzene rings is 1. The van der Waals surface area contributed by atoms with E-state index in [1.807, 2.05) is 12.1 Å². The third-order valence-electron chi connectivity index (χ3n) is 4.46. The molecule has 1 aliphatic rings. The van der Waals surface area contributed by atoms with E-state index < -0.39 is 0 Å². The quantitative estimate of drug-likeness (QED) is 0.771. The summed E-state index contributed by atoms with van der Waals surface area (Å²) in [4.78, 5) is 24.7. The molecule has 3 heterocycles. The van der Waals surface area contributed by atoms with E-state index in [0.717, 1.165) is 38.2 Å². The fraction of sp³-hybridized carbons (Fsp3) is 0.250. The smallest absolute Gasteiger partial charge is 0.284 e. The van der Waals surface area contributed by atoms with Crippen molar-refractivity contribution in [2.45, 2.75) is 19.4 Å². The molecule has 3 aromatic rings. The lowest BCUT2D eigenvalue weighted by Crippen LogP contribution is -2.26. The predicted molar refractivity (Wildman–Crippen MR) is 103 cm³/mol. The lowest BCUT2D eigenvalue weighted by molar-refractivity contribution is 0.102. The minimum absolute atomic E-state index is 0.155. The molecule has 0 bridgehead atoms. The highest BCUT2D eigenvalue weighted by Gasteiger charge is 2.21. The molecular formula is C20H20N4OS. The Morgan fingerprint density at radius 3 is 2.77 bits per heavy atom. The lowest BCUT2D eigenvalue weighted by Gasteiger charge is -2.19. The summed E-state index contributed by atoms with van der Waals surface area (Å²) in [5.74, 6) is -0.155. The molecule has 0 atom stereocenters. The van der Waals surface area contributed by atoms with Gasteiger partial charge in [-0.05, 0) is 24.1 Å². The van der Waals surface area contributed by atoms with E-state index in [1.54, 1.807) is 18.5 Å². The maximum Gasteiger partial charge on any atom is 0.284 e. The molecule has 132 valence electrons. The second-order valence-corrected chi connectivity index (χ2v) is 7.43. The average Bonchev–Trinajstić information content (AvgIpc) is 3.00. The molecule has 0 radical (unpaired) electrons. The summed E-state index contributed by atoms with van der Waals surface area (Å²) in [6, 6.07) is 14.2. The van der Waals surface area contributed by atoms with Gasteiger partial charge in [-0.15, -0.1) is 11.3 Å². The van der Waals surface area contributed by atoms with Crippen LogP contribution in [-0.2, 0) is 19.4 Å². The normalized spacial score (nSPS) is 14.5. The van der Waals surface area contributed by atoms with Gasteiger partial charge in [0.15, 0.2) is 5.01 Å². The zero-order valence-corrected chi connectivity index (χ0v) is 15.2. The van der Waals surface area contributed by atoms with Gasteiger partial charge >= 0.3 is 0 Å². The van der Waals surface area contributed by atoms with Gasteiger partial charge in [0, 0.05) is 37.1 Å². The molecule has 0 saturated heterocycles. The van der Waals surface area contributed by atoms with E-state index in [9.17, 15) is 4.79 Å². The van der Waals surface area contributed by atoms with Crippen molar-refractivity contribution < 1.29 is 4.79 Å². The number of hydrogen-bond donors (Lipinski definition) is 1. The molecule has 4 rings (SSSR count). The van der Waals surface area contributed by atoms with Crippen LogP contribution in [0, 0.1) is 0 Å². The average molecular weight is 364 g/mol. The number of pyridine rings is 1. The van der Waals surface area contributed by atoms with Crippen LogP contribution in [-0.4, -0.2) is 33.9 Å². The van der Waals surface area contributed by atoms with Crippen LogP contribution in [0.1, 0.15) is 25.9 Å². The molecule has 0 saturated carbocycles. The van der Waals surface area contributed by atoms with E-state index in [2.05, 4.69) is 44.5 Å². The van der Waals surface area contributed by atoms with E-state index in [-0.39, 0.29) is 5.91 Å². The number of carbonyl (C=O) groups is 1.